The highest BCUT2D eigenvalue weighted by molar-refractivity contribution is 5.79. The summed E-state index contributed by atoms with van der Waals surface area (Å²) in [7, 11) is 2.06. The SMILES string of the molecule is Cn1cccc1CN(C(=O)C1CCCC1)C1CC1. The van der Waals surface area contributed by atoms with Crippen molar-refractivity contribution in [3.63, 3.8) is 0 Å². The molecule has 18 heavy (non-hydrogen) atoms. The molecule has 2 aliphatic carbocycles. The van der Waals surface area contributed by atoms with Crippen LogP contribution in [-0.2, 0) is 18.4 Å². The Bertz CT molecular complexity index is 427. The third-order valence-electron chi connectivity index (χ3n) is 4.36. The molecule has 3 nitrogen and oxygen atoms in total. The minimum absolute atomic E-state index is 0.311. The minimum Gasteiger partial charge on any atom is -0.353 e. The number of nitrogens with zero attached hydrogens (tertiary/aromatic N) is 2. The molecular formula is C15H22N2O. The maximum absolute atomic E-state index is 12.6. The van der Waals surface area contributed by atoms with Gasteiger partial charge in [0.1, 0.15) is 0 Å². The van der Waals surface area contributed by atoms with Crippen LogP contribution < -0.4 is 0 Å². The maximum atomic E-state index is 12.6. The third kappa shape index (κ3) is 2.31. The lowest BCUT2D eigenvalue weighted by atomic mass is 10.1. The summed E-state index contributed by atoms with van der Waals surface area (Å²) in [6.07, 6.45) is 9.13. The molecular weight excluding hydrogens is 224 g/mol. The molecule has 0 unspecified atom stereocenters. The van der Waals surface area contributed by atoms with E-state index in [4.69, 9.17) is 0 Å². The molecule has 0 saturated heterocycles. The van der Waals surface area contributed by atoms with E-state index in [1.54, 1.807) is 0 Å². The van der Waals surface area contributed by atoms with Crippen LogP contribution in [0.15, 0.2) is 18.3 Å². The zero-order valence-corrected chi connectivity index (χ0v) is 11.1. The molecule has 1 heterocycles. The van der Waals surface area contributed by atoms with Crippen molar-refractivity contribution in [1.82, 2.24) is 9.47 Å². The van der Waals surface area contributed by atoms with Crippen molar-refractivity contribution in [1.29, 1.82) is 0 Å². The predicted molar refractivity (Wildman–Crippen MR) is 70.9 cm³/mol. The first kappa shape index (κ1) is 11.8. The fourth-order valence-corrected chi connectivity index (χ4v) is 3.02. The van der Waals surface area contributed by atoms with Crippen LogP contribution in [0.25, 0.3) is 0 Å². The molecule has 98 valence electrons. The van der Waals surface area contributed by atoms with Crippen LogP contribution in [0.5, 0.6) is 0 Å². The third-order valence-corrected chi connectivity index (χ3v) is 4.36. The van der Waals surface area contributed by atoms with E-state index in [-0.39, 0.29) is 0 Å². The number of hydrogen-bond donors (Lipinski definition) is 0. The van der Waals surface area contributed by atoms with Crippen LogP contribution in [-0.4, -0.2) is 21.4 Å². The minimum atomic E-state index is 0.311. The van der Waals surface area contributed by atoms with E-state index in [0.717, 1.165) is 19.4 Å². The van der Waals surface area contributed by atoms with Crippen LogP contribution >= 0.6 is 0 Å². The summed E-state index contributed by atoms with van der Waals surface area (Å²) < 4.78 is 2.12. The van der Waals surface area contributed by atoms with Crippen molar-refractivity contribution >= 4 is 5.91 Å². The molecule has 0 spiro atoms. The number of hydrogen-bond acceptors (Lipinski definition) is 1. The first-order chi connectivity index (χ1) is 8.75. The van der Waals surface area contributed by atoms with Crippen LogP contribution in [0, 0.1) is 5.92 Å². The van der Waals surface area contributed by atoms with Crippen LogP contribution in [0.4, 0.5) is 0 Å². The molecule has 0 aliphatic heterocycles. The number of carbonyl (C=O) groups is 1. The van der Waals surface area contributed by atoms with Gasteiger partial charge in [0.05, 0.1) is 6.54 Å². The van der Waals surface area contributed by atoms with Crippen molar-refractivity contribution in [2.75, 3.05) is 0 Å². The van der Waals surface area contributed by atoms with Crippen LogP contribution in [0.1, 0.15) is 44.2 Å². The lowest BCUT2D eigenvalue weighted by Crippen LogP contribution is -2.37. The highest BCUT2D eigenvalue weighted by atomic mass is 16.2. The Morgan fingerprint density at radius 1 is 1.33 bits per heavy atom. The van der Waals surface area contributed by atoms with Gasteiger partial charge in [0.25, 0.3) is 0 Å². The fraction of sp³-hybridized carbons (Fsp3) is 0.667. The molecule has 0 atom stereocenters. The van der Waals surface area contributed by atoms with Gasteiger partial charge >= 0.3 is 0 Å². The highest BCUT2D eigenvalue weighted by Crippen LogP contribution is 2.33. The molecule has 1 amide bonds. The van der Waals surface area contributed by atoms with E-state index in [2.05, 4.69) is 34.8 Å². The lowest BCUT2D eigenvalue weighted by Gasteiger charge is -2.25. The Labute approximate surface area is 109 Å². The number of carbonyl (C=O) groups excluding carboxylic acids is 1. The standard InChI is InChI=1S/C15H22N2O/c1-16-10-4-7-14(16)11-17(13-8-9-13)15(18)12-5-2-3-6-12/h4,7,10,12-13H,2-3,5-6,8-9,11H2,1H3. The van der Waals surface area contributed by atoms with Gasteiger partial charge in [-0.3, -0.25) is 4.79 Å². The quantitative estimate of drug-likeness (QED) is 0.802. The number of amides is 1. The average molecular weight is 246 g/mol. The van der Waals surface area contributed by atoms with E-state index in [1.165, 1.54) is 31.4 Å². The van der Waals surface area contributed by atoms with Gasteiger partial charge in [0, 0.05) is 30.9 Å². The van der Waals surface area contributed by atoms with Crippen molar-refractivity contribution in [3.05, 3.63) is 24.0 Å². The van der Waals surface area contributed by atoms with Gasteiger partial charge in [-0.2, -0.15) is 0 Å². The molecule has 1 aromatic rings. The summed E-state index contributed by atoms with van der Waals surface area (Å²) in [6, 6.07) is 4.70. The van der Waals surface area contributed by atoms with Crippen molar-refractivity contribution < 1.29 is 4.79 Å². The zero-order chi connectivity index (χ0) is 12.5. The highest BCUT2D eigenvalue weighted by Gasteiger charge is 2.36. The Morgan fingerprint density at radius 2 is 2.06 bits per heavy atom. The molecule has 2 fully saturated rings. The van der Waals surface area contributed by atoms with Gasteiger partial charge < -0.3 is 9.47 Å². The second-order valence-corrected chi connectivity index (χ2v) is 5.79. The van der Waals surface area contributed by atoms with Gasteiger partial charge in [-0.15, -0.1) is 0 Å². The summed E-state index contributed by atoms with van der Waals surface area (Å²) in [4.78, 5) is 14.7. The summed E-state index contributed by atoms with van der Waals surface area (Å²) >= 11 is 0. The molecule has 2 saturated carbocycles. The summed E-state index contributed by atoms with van der Waals surface area (Å²) in [5.74, 6) is 0.724. The van der Waals surface area contributed by atoms with Crippen LogP contribution in [0.3, 0.4) is 0 Å². The van der Waals surface area contributed by atoms with E-state index in [0.29, 0.717) is 17.9 Å². The molecule has 2 aliphatic rings. The molecule has 3 rings (SSSR count). The van der Waals surface area contributed by atoms with Gasteiger partial charge in [0.15, 0.2) is 0 Å². The van der Waals surface area contributed by atoms with Crippen molar-refractivity contribution in [3.8, 4) is 0 Å². The smallest absolute Gasteiger partial charge is 0.226 e. The van der Waals surface area contributed by atoms with Gasteiger partial charge in [-0.1, -0.05) is 12.8 Å². The van der Waals surface area contributed by atoms with E-state index >= 15 is 0 Å². The number of aryl methyl sites for hydroxylation is 1. The second kappa shape index (κ2) is 4.79. The van der Waals surface area contributed by atoms with Crippen molar-refractivity contribution in [2.24, 2.45) is 13.0 Å². The normalized spacial score (nSPS) is 20.3. The summed E-state index contributed by atoms with van der Waals surface area (Å²) in [5, 5.41) is 0. The zero-order valence-electron chi connectivity index (χ0n) is 11.1. The summed E-state index contributed by atoms with van der Waals surface area (Å²) in [5.41, 5.74) is 1.24. The van der Waals surface area contributed by atoms with E-state index < -0.39 is 0 Å². The number of rotatable bonds is 4. The van der Waals surface area contributed by atoms with Gasteiger partial charge in [-0.05, 0) is 37.8 Å². The monoisotopic (exact) mass is 246 g/mol. The van der Waals surface area contributed by atoms with Gasteiger partial charge in [0.2, 0.25) is 5.91 Å². The Balaban J connectivity index is 1.72. The summed E-state index contributed by atoms with van der Waals surface area (Å²) in [6.45, 7) is 0.795. The molecule has 1 aromatic heterocycles. The molecule has 0 radical (unpaired) electrons. The topological polar surface area (TPSA) is 25.2 Å². The maximum Gasteiger partial charge on any atom is 0.226 e. The van der Waals surface area contributed by atoms with E-state index in [1.807, 2.05) is 0 Å². The Kier molecular flexibility index (Phi) is 3.14. The molecule has 3 heteroatoms. The predicted octanol–water partition coefficient (Wildman–Crippen LogP) is 2.71. The molecule has 0 aromatic carbocycles. The Morgan fingerprint density at radius 3 is 2.61 bits per heavy atom. The largest absolute Gasteiger partial charge is 0.353 e. The molecule has 0 N–H and O–H groups in total. The second-order valence-electron chi connectivity index (χ2n) is 5.79. The van der Waals surface area contributed by atoms with E-state index in [9.17, 15) is 4.79 Å². The Hall–Kier alpha value is -1.25. The number of aromatic nitrogens is 1. The first-order valence-electron chi connectivity index (χ1n) is 7.16. The lowest BCUT2D eigenvalue weighted by molar-refractivity contribution is -0.136. The first-order valence-corrected chi connectivity index (χ1v) is 7.16. The molecule has 0 bridgehead atoms. The van der Waals surface area contributed by atoms with Crippen molar-refractivity contribution in [2.45, 2.75) is 51.1 Å². The average Bonchev–Trinajstić information content (AvgIpc) is 2.90. The fourth-order valence-electron chi connectivity index (χ4n) is 3.02. The van der Waals surface area contributed by atoms with Gasteiger partial charge in [-0.25, -0.2) is 0 Å². The van der Waals surface area contributed by atoms with Crippen LogP contribution in [0.2, 0.25) is 0 Å².